The Morgan fingerprint density at radius 3 is 2.50 bits per heavy atom. The summed E-state index contributed by atoms with van der Waals surface area (Å²) in [6.45, 7) is 8.71. The highest BCUT2D eigenvalue weighted by atomic mass is 35.5. The third-order valence-corrected chi connectivity index (χ3v) is 7.21. The number of hydrogen-bond acceptors (Lipinski definition) is 5. The Morgan fingerprint density at radius 2 is 1.96 bits per heavy atom. The lowest BCUT2D eigenvalue weighted by Gasteiger charge is -2.16. The molecule has 10 heteroatoms. The predicted octanol–water partition coefficient (Wildman–Crippen LogP) is 3.93. The molecule has 0 saturated carbocycles. The zero-order valence-electron chi connectivity index (χ0n) is 16.5. The van der Waals surface area contributed by atoms with Gasteiger partial charge in [0.15, 0.2) is 20.7 Å². The number of carbonyl (C=O) groups is 1. The van der Waals surface area contributed by atoms with Gasteiger partial charge in [-0.3, -0.25) is 4.79 Å². The second-order valence-electron chi connectivity index (χ2n) is 7.83. The lowest BCUT2D eigenvalue weighted by molar-refractivity contribution is 0.0800. The smallest absolute Gasteiger partial charge is 0.228 e. The van der Waals surface area contributed by atoms with Gasteiger partial charge in [-0.15, -0.1) is 0 Å². The number of sulfone groups is 1. The molecular weight excluding hydrogens is 423 g/mol. The van der Waals surface area contributed by atoms with Crippen LogP contribution in [-0.4, -0.2) is 44.7 Å². The molecule has 0 amide bonds. The minimum Gasteiger partial charge on any atom is -0.361 e. The van der Waals surface area contributed by atoms with Gasteiger partial charge in [0, 0.05) is 26.5 Å². The van der Waals surface area contributed by atoms with E-state index in [0.29, 0.717) is 12.3 Å². The zero-order valence-corrected chi connectivity index (χ0v) is 19.1. The summed E-state index contributed by atoms with van der Waals surface area (Å²) in [7, 11) is -4.93. The normalized spacial score (nSPS) is 12.4. The SMILES string of the molecule is Cc1c(S(C)(=O)=O)nc(C(=O)c2ccc(F)c(Cl)c2)n1COCC[Si](C)(C)C. The fraction of sp³-hybridized carbons (Fsp3) is 0.444. The van der Waals surface area contributed by atoms with Crippen LogP contribution in [0, 0.1) is 12.7 Å². The van der Waals surface area contributed by atoms with E-state index in [1.807, 2.05) is 0 Å². The summed E-state index contributed by atoms with van der Waals surface area (Å²) in [4.78, 5) is 17.0. The topological polar surface area (TPSA) is 78.3 Å². The van der Waals surface area contributed by atoms with Gasteiger partial charge in [-0.2, -0.15) is 0 Å². The number of benzene rings is 1. The van der Waals surface area contributed by atoms with Gasteiger partial charge in [-0.1, -0.05) is 31.2 Å². The van der Waals surface area contributed by atoms with Gasteiger partial charge in [0.1, 0.15) is 12.5 Å². The summed E-state index contributed by atoms with van der Waals surface area (Å²) in [5.41, 5.74) is 0.423. The first-order valence-electron chi connectivity index (χ1n) is 8.66. The summed E-state index contributed by atoms with van der Waals surface area (Å²) >= 11 is 5.77. The van der Waals surface area contributed by atoms with Crippen LogP contribution in [0.2, 0.25) is 30.7 Å². The van der Waals surface area contributed by atoms with Crippen molar-refractivity contribution in [2.75, 3.05) is 12.9 Å². The first-order chi connectivity index (χ1) is 12.8. The standard InChI is InChI=1S/C18H24ClFN2O4SSi/c1-12-18(27(2,24)25)21-17(22(12)11-26-8-9-28(3,4)5)16(23)13-6-7-15(20)14(19)10-13/h6-7,10H,8-9,11H2,1-5H3. The molecule has 0 radical (unpaired) electrons. The number of halogens is 2. The maximum Gasteiger partial charge on any atom is 0.228 e. The van der Waals surface area contributed by atoms with E-state index in [1.165, 1.54) is 16.7 Å². The third kappa shape index (κ3) is 5.50. The Labute approximate surface area is 170 Å². The number of nitrogens with zero attached hydrogens (tertiary/aromatic N) is 2. The molecule has 0 aliphatic carbocycles. The van der Waals surface area contributed by atoms with Gasteiger partial charge >= 0.3 is 0 Å². The average molecular weight is 447 g/mol. The second-order valence-corrected chi connectivity index (χ2v) is 15.8. The molecule has 0 unspecified atom stereocenters. The van der Waals surface area contributed by atoms with Crippen LogP contribution in [0.15, 0.2) is 23.2 Å². The molecule has 0 aliphatic heterocycles. The number of aromatic nitrogens is 2. The minimum atomic E-state index is -3.64. The molecule has 1 aromatic heterocycles. The molecule has 28 heavy (non-hydrogen) atoms. The van der Waals surface area contributed by atoms with Gasteiger partial charge in [-0.25, -0.2) is 17.8 Å². The van der Waals surface area contributed by atoms with Crippen molar-refractivity contribution in [2.45, 2.75) is 44.4 Å². The van der Waals surface area contributed by atoms with Crippen LogP contribution in [0.3, 0.4) is 0 Å². The van der Waals surface area contributed by atoms with Gasteiger partial charge in [-0.05, 0) is 31.2 Å². The van der Waals surface area contributed by atoms with Crippen molar-refractivity contribution < 1.29 is 22.3 Å². The van der Waals surface area contributed by atoms with Crippen LogP contribution in [0.25, 0.3) is 0 Å². The highest BCUT2D eigenvalue weighted by Gasteiger charge is 2.26. The van der Waals surface area contributed by atoms with Crippen molar-refractivity contribution in [3.63, 3.8) is 0 Å². The van der Waals surface area contributed by atoms with Crippen LogP contribution in [0.5, 0.6) is 0 Å². The Morgan fingerprint density at radius 1 is 1.32 bits per heavy atom. The van der Waals surface area contributed by atoms with E-state index in [9.17, 15) is 17.6 Å². The Kier molecular flexibility index (Phi) is 6.85. The molecule has 6 nitrogen and oxygen atoms in total. The van der Waals surface area contributed by atoms with Crippen molar-refractivity contribution in [2.24, 2.45) is 0 Å². The lowest BCUT2D eigenvalue weighted by Crippen LogP contribution is -2.22. The van der Waals surface area contributed by atoms with Gasteiger partial charge in [0.05, 0.1) is 10.7 Å². The Bertz CT molecular complexity index is 1000. The number of rotatable bonds is 8. The Balaban J connectivity index is 2.41. The molecule has 1 aromatic carbocycles. The molecule has 0 saturated heterocycles. The van der Waals surface area contributed by atoms with Crippen molar-refractivity contribution in [1.82, 2.24) is 9.55 Å². The van der Waals surface area contributed by atoms with Gasteiger partial charge < -0.3 is 9.30 Å². The van der Waals surface area contributed by atoms with E-state index in [-0.39, 0.29) is 28.2 Å². The van der Waals surface area contributed by atoms with E-state index < -0.39 is 29.5 Å². The molecule has 2 rings (SSSR count). The molecule has 154 valence electrons. The molecule has 0 N–H and O–H groups in total. The van der Waals surface area contributed by atoms with Crippen molar-refractivity contribution in [1.29, 1.82) is 0 Å². The van der Waals surface area contributed by atoms with E-state index in [4.69, 9.17) is 16.3 Å². The van der Waals surface area contributed by atoms with E-state index in [1.54, 1.807) is 6.92 Å². The Hall–Kier alpha value is -1.55. The van der Waals surface area contributed by atoms with Crippen LogP contribution in [0.1, 0.15) is 21.9 Å². The summed E-state index contributed by atoms with van der Waals surface area (Å²) in [5.74, 6) is -1.30. The summed E-state index contributed by atoms with van der Waals surface area (Å²) in [6.07, 6.45) is 1.03. The highest BCUT2D eigenvalue weighted by molar-refractivity contribution is 7.90. The number of hydrogen-bond donors (Lipinski definition) is 0. The zero-order chi connectivity index (χ0) is 21.3. The largest absolute Gasteiger partial charge is 0.361 e. The summed E-state index contributed by atoms with van der Waals surface area (Å²) in [6, 6.07) is 4.48. The fourth-order valence-electron chi connectivity index (χ4n) is 2.49. The summed E-state index contributed by atoms with van der Waals surface area (Å²) in [5, 5.41) is -0.381. The van der Waals surface area contributed by atoms with E-state index >= 15 is 0 Å². The number of ketones is 1. The highest BCUT2D eigenvalue weighted by Crippen LogP contribution is 2.22. The fourth-order valence-corrected chi connectivity index (χ4v) is 4.33. The van der Waals surface area contributed by atoms with Crippen LogP contribution in [-0.2, 0) is 21.3 Å². The molecular formula is C18H24ClFN2O4SSi. The van der Waals surface area contributed by atoms with Crippen LogP contribution in [0.4, 0.5) is 4.39 Å². The molecule has 0 bridgehead atoms. The van der Waals surface area contributed by atoms with E-state index in [0.717, 1.165) is 18.4 Å². The molecule has 0 aliphatic rings. The second kappa shape index (κ2) is 8.44. The molecule has 0 fully saturated rings. The first-order valence-corrected chi connectivity index (χ1v) is 14.6. The first kappa shape index (κ1) is 22.7. The monoisotopic (exact) mass is 446 g/mol. The number of carbonyl (C=O) groups excluding carboxylic acids is 1. The molecule has 1 heterocycles. The quantitative estimate of drug-likeness (QED) is 0.348. The van der Waals surface area contributed by atoms with Crippen molar-refractivity contribution >= 4 is 35.3 Å². The van der Waals surface area contributed by atoms with Crippen LogP contribution >= 0.6 is 11.6 Å². The molecule has 0 atom stereocenters. The maximum atomic E-state index is 13.4. The summed E-state index contributed by atoms with van der Waals surface area (Å²) < 4.78 is 44.6. The average Bonchev–Trinajstić information content (AvgIpc) is 2.89. The van der Waals surface area contributed by atoms with Crippen molar-refractivity contribution in [3.05, 3.63) is 46.1 Å². The third-order valence-electron chi connectivity index (χ3n) is 4.13. The molecule has 0 spiro atoms. The van der Waals surface area contributed by atoms with Gasteiger partial charge in [0.2, 0.25) is 5.78 Å². The van der Waals surface area contributed by atoms with E-state index in [2.05, 4.69) is 24.6 Å². The van der Waals surface area contributed by atoms with Crippen molar-refractivity contribution in [3.8, 4) is 0 Å². The maximum absolute atomic E-state index is 13.4. The molecule has 2 aromatic rings. The number of imidazole rings is 1. The predicted molar refractivity (Wildman–Crippen MR) is 109 cm³/mol. The lowest BCUT2D eigenvalue weighted by atomic mass is 10.1. The van der Waals surface area contributed by atoms with Crippen LogP contribution < -0.4 is 0 Å². The minimum absolute atomic E-state index is 0.00513. The number of ether oxygens (including phenoxy) is 1. The van der Waals surface area contributed by atoms with Gasteiger partial charge in [0.25, 0.3) is 0 Å².